The Hall–Kier alpha value is -2.34. The Balaban J connectivity index is 1.91. The molecule has 1 aliphatic rings. The van der Waals surface area contributed by atoms with Crippen molar-refractivity contribution in [2.45, 2.75) is 13.0 Å². The van der Waals surface area contributed by atoms with E-state index in [9.17, 15) is 5.11 Å². The Kier molecular flexibility index (Phi) is 3.39. The summed E-state index contributed by atoms with van der Waals surface area (Å²) < 4.78 is 5.34. The molecule has 0 atom stereocenters. The molecule has 6 heteroatoms. The highest BCUT2D eigenvalue weighted by molar-refractivity contribution is 5.55. The van der Waals surface area contributed by atoms with Gasteiger partial charge in [-0.15, -0.1) is 0 Å². The summed E-state index contributed by atoms with van der Waals surface area (Å²) in [5, 5.41) is 15.7. The number of aromatic nitrogens is 2. The van der Waals surface area contributed by atoms with Gasteiger partial charge in [-0.05, 0) is 24.3 Å². The lowest BCUT2D eigenvalue weighted by Crippen LogP contribution is -2.26. The molecule has 1 aliphatic heterocycles. The number of anilines is 2. The van der Waals surface area contributed by atoms with Gasteiger partial charge in [-0.3, -0.25) is 0 Å². The van der Waals surface area contributed by atoms with Crippen molar-refractivity contribution >= 4 is 11.6 Å². The van der Waals surface area contributed by atoms with Crippen LogP contribution in [0.5, 0.6) is 11.6 Å². The molecule has 0 bridgehead atoms. The Morgan fingerprint density at radius 3 is 2.80 bits per heavy atom. The molecule has 2 aromatic rings. The van der Waals surface area contributed by atoms with Crippen LogP contribution in [0, 0.1) is 0 Å². The molecular formula is C14H16N4O2. The van der Waals surface area contributed by atoms with Gasteiger partial charge in [-0.1, -0.05) is 0 Å². The molecule has 2 heterocycles. The van der Waals surface area contributed by atoms with Gasteiger partial charge < -0.3 is 20.5 Å². The number of hydrogen-bond acceptors (Lipinski definition) is 6. The third kappa shape index (κ3) is 2.50. The topological polar surface area (TPSA) is 79.3 Å². The second-order valence-corrected chi connectivity index (χ2v) is 4.58. The quantitative estimate of drug-likeness (QED) is 0.736. The normalized spacial score (nSPS) is 13.7. The highest BCUT2D eigenvalue weighted by atomic mass is 16.5. The summed E-state index contributed by atoms with van der Waals surface area (Å²) in [5.74, 6) is 1.34. The summed E-state index contributed by atoms with van der Waals surface area (Å²) in [6, 6.07) is 6.77. The van der Waals surface area contributed by atoms with Crippen LogP contribution < -0.4 is 15.4 Å². The fourth-order valence-corrected chi connectivity index (χ4v) is 2.21. The lowest BCUT2D eigenvalue weighted by atomic mass is 10.1. The van der Waals surface area contributed by atoms with Crippen LogP contribution in [0.2, 0.25) is 0 Å². The SMILES string of the molecule is COc1nc(Nc2ccc(O)cc2)nc2c1CNCC2. The number of benzene rings is 1. The molecule has 0 radical (unpaired) electrons. The highest BCUT2D eigenvalue weighted by Crippen LogP contribution is 2.25. The van der Waals surface area contributed by atoms with Crippen LogP contribution in [0.3, 0.4) is 0 Å². The molecule has 0 saturated heterocycles. The van der Waals surface area contributed by atoms with E-state index >= 15 is 0 Å². The van der Waals surface area contributed by atoms with Crippen LogP contribution in [-0.4, -0.2) is 28.7 Å². The molecule has 0 amide bonds. The lowest BCUT2D eigenvalue weighted by Gasteiger charge is -2.19. The van der Waals surface area contributed by atoms with Crippen LogP contribution in [0.25, 0.3) is 0 Å². The van der Waals surface area contributed by atoms with Crippen LogP contribution in [-0.2, 0) is 13.0 Å². The van der Waals surface area contributed by atoms with Crippen molar-refractivity contribution in [2.24, 2.45) is 0 Å². The average molecular weight is 272 g/mol. The van der Waals surface area contributed by atoms with E-state index in [1.54, 1.807) is 31.4 Å². The third-order valence-electron chi connectivity index (χ3n) is 3.21. The second-order valence-electron chi connectivity index (χ2n) is 4.58. The minimum atomic E-state index is 0.227. The number of rotatable bonds is 3. The Bertz CT molecular complexity index is 596. The van der Waals surface area contributed by atoms with Gasteiger partial charge in [0.1, 0.15) is 5.75 Å². The van der Waals surface area contributed by atoms with E-state index < -0.39 is 0 Å². The molecule has 3 N–H and O–H groups in total. The smallest absolute Gasteiger partial charge is 0.230 e. The van der Waals surface area contributed by atoms with Crippen LogP contribution in [0.1, 0.15) is 11.3 Å². The molecule has 104 valence electrons. The van der Waals surface area contributed by atoms with Gasteiger partial charge in [-0.2, -0.15) is 4.98 Å². The van der Waals surface area contributed by atoms with Crippen LogP contribution >= 0.6 is 0 Å². The lowest BCUT2D eigenvalue weighted by molar-refractivity contribution is 0.386. The molecule has 0 spiro atoms. The monoisotopic (exact) mass is 272 g/mol. The predicted molar refractivity (Wildman–Crippen MR) is 75.4 cm³/mol. The van der Waals surface area contributed by atoms with Crippen molar-refractivity contribution in [1.82, 2.24) is 15.3 Å². The molecule has 0 aliphatic carbocycles. The number of phenolic OH excluding ortho intramolecular Hbond substituents is 1. The summed E-state index contributed by atoms with van der Waals surface area (Å²) in [6.45, 7) is 1.64. The number of aromatic hydroxyl groups is 1. The number of hydrogen-bond donors (Lipinski definition) is 3. The zero-order chi connectivity index (χ0) is 13.9. The molecule has 0 unspecified atom stereocenters. The zero-order valence-electron chi connectivity index (χ0n) is 11.2. The summed E-state index contributed by atoms with van der Waals surface area (Å²) in [7, 11) is 1.61. The summed E-state index contributed by atoms with van der Waals surface area (Å²) in [6.07, 6.45) is 0.860. The Morgan fingerprint density at radius 1 is 1.25 bits per heavy atom. The van der Waals surface area contributed by atoms with Gasteiger partial charge in [0.2, 0.25) is 11.8 Å². The maximum absolute atomic E-state index is 9.28. The first-order valence-electron chi connectivity index (χ1n) is 6.47. The third-order valence-corrected chi connectivity index (χ3v) is 3.21. The van der Waals surface area contributed by atoms with E-state index in [4.69, 9.17) is 4.74 Å². The van der Waals surface area contributed by atoms with Gasteiger partial charge in [0.25, 0.3) is 0 Å². The van der Waals surface area contributed by atoms with Gasteiger partial charge >= 0.3 is 0 Å². The highest BCUT2D eigenvalue weighted by Gasteiger charge is 2.18. The van der Waals surface area contributed by atoms with Crippen molar-refractivity contribution in [1.29, 1.82) is 0 Å². The number of ether oxygens (including phenoxy) is 1. The van der Waals surface area contributed by atoms with E-state index in [0.717, 1.165) is 36.5 Å². The van der Waals surface area contributed by atoms with Crippen molar-refractivity contribution in [3.63, 3.8) is 0 Å². The summed E-state index contributed by atoms with van der Waals surface area (Å²) in [5.41, 5.74) is 2.85. The van der Waals surface area contributed by atoms with Crippen LogP contribution in [0.15, 0.2) is 24.3 Å². The van der Waals surface area contributed by atoms with E-state index in [1.807, 2.05) is 0 Å². The zero-order valence-corrected chi connectivity index (χ0v) is 11.2. The number of phenols is 1. The van der Waals surface area contributed by atoms with E-state index in [-0.39, 0.29) is 5.75 Å². The number of nitrogens with one attached hydrogen (secondary N) is 2. The molecule has 6 nitrogen and oxygen atoms in total. The minimum absolute atomic E-state index is 0.227. The van der Waals surface area contributed by atoms with Crippen molar-refractivity contribution in [2.75, 3.05) is 19.0 Å². The summed E-state index contributed by atoms with van der Waals surface area (Å²) in [4.78, 5) is 8.91. The minimum Gasteiger partial charge on any atom is -0.508 e. The molecule has 0 saturated carbocycles. The van der Waals surface area contributed by atoms with E-state index in [1.165, 1.54) is 0 Å². The fraction of sp³-hybridized carbons (Fsp3) is 0.286. The maximum atomic E-state index is 9.28. The number of methoxy groups -OCH3 is 1. The van der Waals surface area contributed by atoms with E-state index in [2.05, 4.69) is 20.6 Å². The molecule has 20 heavy (non-hydrogen) atoms. The van der Waals surface area contributed by atoms with Crippen molar-refractivity contribution < 1.29 is 9.84 Å². The predicted octanol–water partition coefficient (Wildman–Crippen LogP) is 1.58. The molecule has 1 aromatic carbocycles. The summed E-state index contributed by atoms with van der Waals surface area (Å²) >= 11 is 0. The number of nitrogens with zero attached hydrogens (tertiary/aromatic N) is 2. The average Bonchev–Trinajstić information content (AvgIpc) is 2.49. The van der Waals surface area contributed by atoms with Gasteiger partial charge in [0, 0.05) is 30.8 Å². The van der Waals surface area contributed by atoms with Crippen molar-refractivity contribution in [3.05, 3.63) is 35.5 Å². The Morgan fingerprint density at radius 2 is 2.05 bits per heavy atom. The van der Waals surface area contributed by atoms with Crippen LogP contribution in [0.4, 0.5) is 11.6 Å². The molecule has 3 rings (SSSR count). The largest absolute Gasteiger partial charge is 0.508 e. The maximum Gasteiger partial charge on any atom is 0.230 e. The molecular weight excluding hydrogens is 256 g/mol. The van der Waals surface area contributed by atoms with Gasteiger partial charge in [-0.25, -0.2) is 4.98 Å². The van der Waals surface area contributed by atoms with Gasteiger partial charge in [0.05, 0.1) is 12.8 Å². The first-order valence-corrected chi connectivity index (χ1v) is 6.47. The molecule has 0 fully saturated rings. The van der Waals surface area contributed by atoms with E-state index in [0.29, 0.717) is 11.8 Å². The Labute approximate surface area is 116 Å². The molecule has 1 aromatic heterocycles. The number of fused-ring (bicyclic) bond motifs is 1. The first kappa shape index (κ1) is 12.7. The second kappa shape index (κ2) is 5.34. The fourth-order valence-electron chi connectivity index (χ4n) is 2.21. The first-order chi connectivity index (χ1) is 9.76. The van der Waals surface area contributed by atoms with Gasteiger partial charge in [0.15, 0.2) is 0 Å². The van der Waals surface area contributed by atoms with Crippen molar-refractivity contribution in [3.8, 4) is 11.6 Å². The standard InChI is InChI=1S/C14H16N4O2/c1-20-13-11-8-15-7-6-12(11)17-14(18-13)16-9-2-4-10(19)5-3-9/h2-5,15,19H,6-8H2,1H3,(H,16,17,18).